The molecule has 142 valence electrons. The molecule has 1 aliphatic heterocycles. The Balaban J connectivity index is 1.52. The van der Waals surface area contributed by atoms with Gasteiger partial charge >= 0.3 is 5.97 Å². The van der Waals surface area contributed by atoms with Crippen molar-refractivity contribution in [2.75, 3.05) is 18.7 Å². The van der Waals surface area contributed by atoms with E-state index in [1.165, 1.54) is 0 Å². The fourth-order valence-corrected chi connectivity index (χ4v) is 4.30. The summed E-state index contributed by atoms with van der Waals surface area (Å²) < 4.78 is 10.9. The Morgan fingerprint density at radius 2 is 1.68 bits per heavy atom. The number of thioether (sulfide) groups is 1. The van der Waals surface area contributed by atoms with Gasteiger partial charge in [-0.05, 0) is 47.2 Å². The lowest BCUT2D eigenvalue weighted by Crippen LogP contribution is -2.43. The second-order valence-electron chi connectivity index (χ2n) is 6.45. The lowest BCUT2D eigenvalue weighted by atomic mass is 10.1. The van der Waals surface area contributed by atoms with E-state index in [0.717, 1.165) is 16.5 Å². The van der Waals surface area contributed by atoms with Gasteiger partial charge in [0.15, 0.2) is 0 Å². The normalized spacial score (nSPS) is 16.2. The average Bonchev–Trinajstić information content (AvgIpc) is 3.23. The van der Waals surface area contributed by atoms with Crippen LogP contribution >= 0.6 is 11.8 Å². The van der Waals surface area contributed by atoms with Gasteiger partial charge in [0.2, 0.25) is 0 Å². The maximum atomic E-state index is 12.8. The Morgan fingerprint density at radius 1 is 0.964 bits per heavy atom. The van der Waals surface area contributed by atoms with E-state index in [1.54, 1.807) is 48.0 Å². The average molecular weight is 393 g/mol. The number of hydrogen-bond acceptors (Lipinski definition) is 5. The molecule has 0 unspecified atom stereocenters. The largest absolute Gasteiger partial charge is 0.497 e. The van der Waals surface area contributed by atoms with Crippen LogP contribution < -0.4 is 9.47 Å². The number of fused-ring (bicyclic) bond motifs is 1. The molecule has 0 aromatic heterocycles. The molecule has 3 aromatic carbocycles. The Morgan fingerprint density at radius 3 is 2.43 bits per heavy atom. The van der Waals surface area contributed by atoms with E-state index in [1.807, 2.05) is 42.5 Å². The second-order valence-corrected chi connectivity index (χ2v) is 7.45. The van der Waals surface area contributed by atoms with E-state index in [9.17, 15) is 9.59 Å². The predicted octanol–water partition coefficient (Wildman–Crippen LogP) is 3.97. The molecule has 0 radical (unpaired) electrons. The number of ether oxygens (including phenoxy) is 2. The highest BCUT2D eigenvalue weighted by molar-refractivity contribution is 7.99. The zero-order valence-electron chi connectivity index (χ0n) is 15.3. The monoisotopic (exact) mass is 393 g/mol. The number of carbonyl (C=O) groups excluding carboxylic acids is 2. The topological polar surface area (TPSA) is 55.8 Å². The molecule has 1 amide bonds. The van der Waals surface area contributed by atoms with Crippen molar-refractivity contribution in [1.29, 1.82) is 0 Å². The van der Waals surface area contributed by atoms with Crippen LogP contribution in [0.4, 0.5) is 0 Å². The standard InChI is InChI=1S/C22H19NO4S/c1-26-18-9-7-15-8-10-19(12-17(15)11-18)27-22(25)20-13-28-14-23(20)21(24)16-5-3-2-4-6-16/h2-12,20H,13-14H2,1H3/t20-/m0/s1. The van der Waals surface area contributed by atoms with Gasteiger partial charge in [0.05, 0.1) is 13.0 Å². The number of carbonyl (C=O) groups is 2. The minimum absolute atomic E-state index is 0.157. The minimum Gasteiger partial charge on any atom is -0.497 e. The molecule has 4 rings (SSSR count). The van der Waals surface area contributed by atoms with Crippen LogP contribution in [-0.4, -0.2) is 41.6 Å². The van der Waals surface area contributed by atoms with E-state index in [4.69, 9.17) is 9.47 Å². The molecule has 0 spiro atoms. The van der Waals surface area contributed by atoms with E-state index < -0.39 is 12.0 Å². The summed E-state index contributed by atoms with van der Waals surface area (Å²) in [7, 11) is 1.61. The number of hydrogen-bond donors (Lipinski definition) is 0. The number of benzene rings is 3. The van der Waals surface area contributed by atoms with E-state index in [-0.39, 0.29) is 5.91 Å². The number of rotatable bonds is 4. The highest BCUT2D eigenvalue weighted by Gasteiger charge is 2.36. The summed E-state index contributed by atoms with van der Waals surface area (Å²) in [6, 6.07) is 19.6. The summed E-state index contributed by atoms with van der Waals surface area (Å²) in [6.45, 7) is 0. The first-order valence-corrected chi connectivity index (χ1v) is 10.0. The third-order valence-electron chi connectivity index (χ3n) is 4.67. The van der Waals surface area contributed by atoms with Crippen LogP contribution in [0, 0.1) is 0 Å². The van der Waals surface area contributed by atoms with Crippen molar-refractivity contribution in [1.82, 2.24) is 4.90 Å². The van der Waals surface area contributed by atoms with E-state index in [0.29, 0.717) is 22.9 Å². The second kappa shape index (κ2) is 7.94. The number of nitrogens with zero attached hydrogens (tertiary/aromatic N) is 1. The van der Waals surface area contributed by atoms with Gasteiger partial charge in [-0.1, -0.05) is 30.3 Å². The summed E-state index contributed by atoms with van der Waals surface area (Å²) in [5.41, 5.74) is 0.570. The molecular weight excluding hydrogens is 374 g/mol. The summed E-state index contributed by atoms with van der Waals surface area (Å²) >= 11 is 1.55. The highest BCUT2D eigenvalue weighted by atomic mass is 32.2. The van der Waals surface area contributed by atoms with Gasteiger partial charge in [-0.15, -0.1) is 11.8 Å². The summed E-state index contributed by atoms with van der Waals surface area (Å²) in [5.74, 6) is 1.62. The van der Waals surface area contributed by atoms with Crippen LogP contribution in [0.1, 0.15) is 10.4 Å². The number of methoxy groups -OCH3 is 1. The molecule has 1 aliphatic rings. The van der Waals surface area contributed by atoms with Gasteiger partial charge in [0.25, 0.3) is 5.91 Å². The van der Waals surface area contributed by atoms with Crippen LogP contribution in [-0.2, 0) is 4.79 Å². The molecule has 0 aliphatic carbocycles. The molecule has 0 saturated carbocycles. The van der Waals surface area contributed by atoms with Crippen molar-refractivity contribution in [3.8, 4) is 11.5 Å². The summed E-state index contributed by atoms with van der Waals surface area (Å²) in [4.78, 5) is 27.1. The number of amides is 1. The minimum atomic E-state index is -0.598. The maximum Gasteiger partial charge on any atom is 0.335 e. The molecule has 0 N–H and O–H groups in total. The van der Waals surface area contributed by atoms with Gasteiger partial charge < -0.3 is 14.4 Å². The van der Waals surface area contributed by atoms with Gasteiger partial charge in [-0.3, -0.25) is 4.79 Å². The molecule has 0 bridgehead atoms. The third-order valence-corrected chi connectivity index (χ3v) is 5.69. The molecule has 28 heavy (non-hydrogen) atoms. The lowest BCUT2D eigenvalue weighted by molar-refractivity contribution is -0.138. The first-order chi connectivity index (χ1) is 13.7. The summed E-state index contributed by atoms with van der Waals surface area (Å²) in [6.07, 6.45) is 0. The molecule has 3 aromatic rings. The first-order valence-electron chi connectivity index (χ1n) is 8.89. The molecule has 5 nitrogen and oxygen atoms in total. The Kier molecular flexibility index (Phi) is 5.21. The Bertz CT molecular complexity index is 1020. The van der Waals surface area contributed by atoms with Crippen molar-refractivity contribution in [2.45, 2.75) is 6.04 Å². The van der Waals surface area contributed by atoms with Crippen molar-refractivity contribution in [2.24, 2.45) is 0 Å². The van der Waals surface area contributed by atoms with Gasteiger partial charge in [0, 0.05) is 11.3 Å². The number of esters is 1. The Labute approximate surface area is 167 Å². The fourth-order valence-electron chi connectivity index (χ4n) is 3.16. The van der Waals surface area contributed by atoms with Crippen LogP contribution in [0.2, 0.25) is 0 Å². The van der Waals surface area contributed by atoms with Crippen molar-refractivity contribution in [3.05, 3.63) is 72.3 Å². The van der Waals surface area contributed by atoms with Gasteiger partial charge in [0.1, 0.15) is 17.5 Å². The molecular formula is C22H19NO4S. The first kappa shape index (κ1) is 18.4. The van der Waals surface area contributed by atoms with Crippen LogP contribution in [0.5, 0.6) is 11.5 Å². The predicted molar refractivity (Wildman–Crippen MR) is 110 cm³/mol. The van der Waals surface area contributed by atoms with E-state index >= 15 is 0 Å². The molecule has 1 fully saturated rings. The van der Waals surface area contributed by atoms with Crippen molar-refractivity contribution in [3.63, 3.8) is 0 Å². The lowest BCUT2D eigenvalue weighted by Gasteiger charge is -2.22. The van der Waals surface area contributed by atoms with Crippen molar-refractivity contribution >= 4 is 34.4 Å². The molecule has 1 atom stereocenters. The highest BCUT2D eigenvalue weighted by Crippen LogP contribution is 2.28. The zero-order chi connectivity index (χ0) is 19.5. The van der Waals surface area contributed by atoms with Crippen LogP contribution in [0.3, 0.4) is 0 Å². The smallest absolute Gasteiger partial charge is 0.335 e. The van der Waals surface area contributed by atoms with Gasteiger partial charge in [-0.2, -0.15) is 0 Å². The molecule has 1 heterocycles. The van der Waals surface area contributed by atoms with Crippen molar-refractivity contribution < 1.29 is 19.1 Å². The maximum absolute atomic E-state index is 12.8. The Hall–Kier alpha value is -2.99. The third kappa shape index (κ3) is 3.68. The zero-order valence-corrected chi connectivity index (χ0v) is 16.1. The fraction of sp³-hybridized carbons (Fsp3) is 0.182. The quantitative estimate of drug-likeness (QED) is 0.496. The summed E-state index contributed by atoms with van der Waals surface area (Å²) in [5, 5.41) is 1.94. The van der Waals surface area contributed by atoms with E-state index in [2.05, 4.69) is 0 Å². The van der Waals surface area contributed by atoms with Gasteiger partial charge in [-0.25, -0.2) is 4.79 Å². The van der Waals surface area contributed by atoms with Crippen LogP contribution in [0.15, 0.2) is 66.7 Å². The van der Waals surface area contributed by atoms with Crippen LogP contribution in [0.25, 0.3) is 10.8 Å². The SMILES string of the molecule is COc1ccc2ccc(OC(=O)[C@@H]3CSCN3C(=O)c3ccccc3)cc2c1. The molecule has 6 heteroatoms. The molecule has 1 saturated heterocycles.